The van der Waals surface area contributed by atoms with Gasteiger partial charge in [0.2, 0.25) is 0 Å². The van der Waals surface area contributed by atoms with Gasteiger partial charge in [0.1, 0.15) is 16.5 Å². The molecule has 36 heavy (non-hydrogen) atoms. The van der Waals surface area contributed by atoms with Crippen molar-refractivity contribution >= 4 is 52.4 Å². The lowest BCUT2D eigenvalue weighted by Crippen LogP contribution is -2.32. The van der Waals surface area contributed by atoms with E-state index in [1.807, 2.05) is 0 Å². The maximum Gasteiger partial charge on any atom is 0.337 e. The van der Waals surface area contributed by atoms with Gasteiger partial charge in [-0.1, -0.05) is 29.8 Å². The maximum absolute atomic E-state index is 13.0. The number of carbonyl (C=O) groups is 4. The van der Waals surface area contributed by atoms with Crippen LogP contribution in [0.3, 0.4) is 0 Å². The molecule has 0 radical (unpaired) electrons. The number of para-hydroxylation sites is 2. The standard InChI is InChI=1S/C26H20ClN3O6/c1-35-20-9-4-3-8-19(20)29-23(31)15-10-12-17(13-11-15)28-22-21(27)24(32)30(25(22)33)18-7-5-6-16(14-18)26(34)36-2/h3-14,28H,1-2H3,(H,29,31). The lowest BCUT2D eigenvalue weighted by Gasteiger charge is -2.16. The molecule has 3 aromatic carbocycles. The summed E-state index contributed by atoms with van der Waals surface area (Å²) >= 11 is 6.19. The molecule has 182 valence electrons. The van der Waals surface area contributed by atoms with Gasteiger partial charge in [0, 0.05) is 11.3 Å². The van der Waals surface area contributed by atoms with Gasteiger partial charge in [-0.2, -0.15) is 0 Å². The van der Waals surface area contributed by atoms with Gasteiger partial charge >= 0.3 is 5.97 Å². The predicted octanol–water partition coefficient (Wildman–Crippen LogP) is 4.17. The zero-order chi connectivity index (χ0) is 25.8. The van der Waals surface area contributed by atoms with E-state index in [-0.39, 0.29) is 27.9 Å². The predicted molar refractivity (Wildman–Crippen MR) is 134 cm³/mol. The molecule has 1 aliphatic rings. The molecular formula is C26H20ClN3O6. The first-order valence-electron chi connectivity index (χ1n) is 10.6. The number of imide groups is 1. The second-order valence-corrected chi connectivity index (χ2v) is 7.91. The van der Waals surface area contributed by atoms with E-state index >= 15 is 0 Å². The molecule has 0 saturated carbocycles. The summed E-state index contributed by atoms with van der Waals surface area (Å²) in [6, 6.07) is 19.2. The van der Waals surface area contributed by atoms with Crippen LogP contribution in [0.15, 0.2) is 83.5 Å². The second kappa shape index (κ2) is 10.3. The Morgan fingerprint density at radius 1 is 0.861 bits per heavy atom. The van der Waals surface area contributed by atoms with E-state index < -0.39 is 17.8 Å². The normalized spacial score (nSPS) is 13.0. The summed E-state index contributed by atoms with van der Waals surface area (Å²) in [7, 11) is 2.74. The highest BCUT2D eigenvalue weighted by Crippen LogP contribution is 2.31. The molecule has 0 spiro atoms. The monoisotopic (exact) mass is 505 g/mol. The number of hydrogen-bond donors (Lipinski definition) is 2. The Morgan fingerprint density at radius 3 is 2.28 bits per heavy atom. The third kappa shape index (κ3) is 4.77. The van der Waals surface area contributed by atoms with Crippen LogP contribution in [-0.4, -0.2) is 37.9 Å². The minimum atomic E-state index is -0.737. The molecule has 1 aliphatic heterocycles. The summed E-state index contributed by atoms with van der Waals surface area (Å²) in [4.78, 5) is 51.1. The number of benzene rings is 3. The van der Waals surface area contributed by atoms with Crippen molar-refractivity contribution in [3.05, 3.63) is 94.7 Å². The Labute approximate surface area is 211 Å². The molecule has 0 aliphatic carbocycles. The Kier molecular flexibility index (Phi) is 7.03. The number of carbonyl (C=O) groups excluding carboxylic acids is 4. The van der Waals surface area contributed by atoms with E-state index in [1.165, 1.54) is 38.5 Å². The number of anilines is 3. The summed E-state index contributed by atoms with van der Waals surface area (Å²) in [6.07, 6.45) is 0. The third-order valence-corrected chi connectivity index (χ3v) is 5.68. The smallest absolute Gasteiger partial charge is 0.337 e. The van der Waals surface area contributed by atoms with E-state index in [9.17, 15) is 19.2 Å². The first kappa shape index (κ1) is 24.5. The number of nitrogens with zero attached hydrogens (tertiary/aromatic N) is 1. The van der Waals surface area contributed by atoms with Crippen LogP contribution in [0, 0.1) is 0 Å². The van der Waals surface area contributed by atoms with Crippen LogP contribution in [0.2, 0.25) is 0 Å². The topological polar surface area (TPSA) is 114 Å². The molecule has 0 fully saturated rings. The minimum absolute atomic E-state index is 0.128. The number of halogens is 1. The number of ether oxygens (including phenoxy) is 2. The third-order valence-electron chi connectivity index (χ3n) is 5.32. The number of methoxy groups -OCH3 is 2. The Balaban J connectivity index is 1.49. The zero-order valence-electron chi connectivity index (χ0n) is 19.2. The average Bonchev–Trinajstić information content (AvgIpc) is 3.11. The fourth-order valence-electron chi connectivity index (χ4n) is 3.53. The van der Waals surface area contributed by atoms with E-state index in [2.05, 4.69) is 15.4 Å². The van der Waals surface area contributed by atoms with Crippen LogP contribution in [0.4, 0.5) is 17.1 Å². The van der Waals surface area contributed by atoms with Gasteiger partial charge in [-0.25, -0.2) is 9.69 Å². The van der Waals surface area contributed by atoms with E-state index in [0.717, 1.165) is 4.90 Å². The average molecular weight is 506 g/mol. The highest BCUT2D eigenvalue weighted by molar-refractivity contribution is 6.53. The highest BCUT2D eigenvalue weighted by Gasteiger charge is 2.39. The van der Waals surface area contributed by atoms with Crippen LogP contribution in [0.25, 0.3) is 0 Å². The first-order chi connectivity index (χ1) is 17.3. The lowest BCUT2D eigenvalue weighted by atomic mass is 10.1. The summed E-state index contributed by atoms with van der Waals surface area (Å²) in [5, 5.41) is 5.32. The number of amides is 3. The number of esters is 1. The van der Waals surface area contributed by atoms with Crippen molar-refractivity contribution in [1.29, 1.82) is 0 Å². The fraction of sp³-hybridized carbons (Fsp3) is 0.0769. The van der Waals surface area contributed by atoms with E-state index in [4.69, 9.17) is 16.3 Å². The molecule has 0 bridgehead atoms. The van der Waals surface area contributed by atoms with Gasteiger partial charge in [-0.3, -0.25) is 14.4 Å². The maximum atomic E-state index is 13.0. The van der Waals surface area contributed by atoms with Crippen LogP contribution in [0.5, 0.6) is 5.75 Å². The van der Waals surface area contributed by atoms with Crippen molar-refractivity contribution in [2.75, 3.05) is 29.8 Å². The number of rotatable bonds is 7. The van der Waals surface area contributed by atoms with Gasteiger partial charge < -0.3 is 20.1 Å². The molecule has 4 rings (SSSR count). The van der Waals surface area contributed by atoms with Crippen LogP contribution in [-0.2, 0) is 14.3 Å². The molecule has 1 heterocycles. The summed E-state index contributed by atoms with van der Waals surface area (Å²) < 4.78 is 9.93. The summed E-state index contributed by atoms with van der Waals surface area (Å²) in [5.74, 6) is -1.86. The molecule has 0 aromatic heterocycles. The first-order valence-corrected chi connectivity index (χ1v) is 11.0. The molecule has 0 atom stereocenters. The van der Waals surface area contributed by atoms with E-state index in [0.29, 0.717) is 22.7 Å². The van der Waals surface area contributed by atoms with Gasteiger partial charge in [-0.05, 0) is 54.6 Å². The minimum Gasteiger partial charge on any atom is -0.495 e. The van der Waals surface area contributed by atoms with Crippen LogP contribution in [0.1, 0.15) is 20.7 Å². The molecule has 0 unspecified atom stereocenters. The Hall–Kier alpha value is -4.63. The van der Waals surface area contributed by atoms with E-state index in [1.54, 1.807) is 48.5 Å². The van der Waals surface area contributed by atoms with Gasteiger partial charge in [0.05, 0.1) is 31.2 Å². The molecule has 9 nitrogen and oxygen atoms in total. The summed E-state index contributed by atoms with van der Waals surface area (Å²) in [5.41, 5.74) is 1.54. The molecule has 3 amide bonds. The highest BCUT2D eigenvalue weighted by atomic mass is 35.5. The van der Waals surface area contributed by atoms with Crippen molar-refractivity contribution in [1.82, 2.24) is 0 Å². The molecule has 3 aromatic rings. The van der Waals surface area contributed by atoms with Crippen molar-refractivity contribution in [3.63, 3.8) is 0 Å². The molecule has 0 saturated heterocycles. The fourth-order valence-corrected chi connectivity index (χ4v) is 3.74. The molecular weight excluding hydrogens is 486 g/mol. The zero-order valence-corrected chi connectivity index (χ0v) is 20.0. The van der Waals surface area contributed by atoms with Crippen LogP contribution >= 0.6 is 11.6 Å². The second-order valence-electron chi connectivity index (χ2n) is 7.53. The van der Waals surface area contributed by atoms with Crippen molar-refractivity contribution in [3.8, 4) is 5.75 Å². The number of hydrogen-bond acceptors (Lipinski definition) is 7. The quantitative estimate of drug-likeness (QED) is 0.366. The summed E-state index contributed by atoms with van der Waals surface area (Å²) in [6.45, 7) is 0. The van der Waals surface area contributed by atoms with Crippen molar-refractivity contribution < 1.29 is 28.7 Å². The molecule has 2 N–H and O–H groups in total. The molecule has 10 heteroatoms. The van der Waals surface area contributed by atoms with Gasteiger partial charge in [0.15, 0.2) is 0 Å². The Morgan fingerprint density at radius 2 is 1.58 bits per heavy atom. The van der Waals surface area contributed by atoms with Crippen molar-refractivity contribution in [2.45, 2.75) is 0 Å². The van der Waals surface area contributed by atoms with Crippen LogP contribution < -0.4 is 20.3 Å². The lowest BCUT2D eigenvalue weighted by molar-refractivity contribution is -0.120. The Bertz CT molecular complexity index is 1400. The van der Waals surface area contributed by atoms with Gasteiger partial charge in [0.25, 0.3) is 17.7 Å². The largest absolute Gasteiger partial charge is 0.495 e. The van der Waals surface area contributed by atoms with Gasteiger partial charge in [-0.15, -0.1) is 0 Å². The number of nitrogens with one attached hydrogen (secondary N) is 2. The SMILES string of the molecule is COC(=O)c1cccc(N2C(=O)C(Cl)=C(Nc3ccc(C(=O)Nc4ccccc4OC)cc3)C2=O)c1. The van der Waals surface area contributed by atoms with Crippen molar-refractivity contribution in [2.24, 2.45) is 0 Å².